The van der Waals surface area contributed by atoms with Gasteiger partial charge in [-0.1, -0.05) is 23.2 Å². The number of hydrogen-bond acceptors (Lipinski definition) is 3. The van der Waals surface area contributed by atoms with E-state index in [0.29, 0.717) is 21.3 Å². The fraction of sp³-hybridized carbons (Fsp3) is 0.125. The lowest BCUT2D eigenvalue weighted by atomic mass is 10.3. The van der Waals surface area contributed by atoms with Crippen LogP contribution in [0.3, 0.4) is 0 Å². The molecule has 0 aliphatic heterocycles. The molecule has 0 aromatic carbocycles. The van der Waals surface area contributed by atoms with Crippen LogP contribution in [0.25, 0.3) is 10.9 Å². The van der Waals surface area contributed by atoms with Gasteiger partial charge in [0.05, 0.1) is 10.4 Å². The Morgan fingerprint density at radius 2 is 2.08 bits per heavy atom. The summed E-state index contributed by atoms with van der Waals surface area (Å²) in [7, 11) is 0. The van der Waals surface area contributed by atoms with Crippen LogP contribution in [-0.4, -0.2) is 4.98 Å². The van der Waals surface area contributed by atoms with Crippen LogP contribution in [0.1, 0.15) is 6.92 Å². The van der Waals surface area contributed by atoms with Gasteiger partial charge in [0.2, 0.25) is 0 Å². The average Bonchev–Trinajstić information content (AvgIpc) is 2.03. The van der Waals surface area contributed by atoms with Gasteiger partial charge in [-0.15, -0.1) is 0 Å². The number of nitrogens with zero attached hydrogens (tertiary/aromatic N) is 1. The van der Waals surface area contributed by atoms with Crippen molar-refractivity contribution >= 4 is 34.1 Å². The van der Waals surface area contributed by atoms with Crippen molar-refractivity contribution in [1.29, 1.82) is 0 Å². The van der Waals surface area contributed by atoms with Gasteiger partial charge in [-0.2, -0.15) is 0 Å². The largest absolute Gasteiger partial charge is 0.401 e. The van der Waals surface area contributed by atoms with Crippen molar-refractivity contribution in [2.24, 2.45) is 11.5 Å². The van der Waals surface area contributed by atoms with E-state index in [9.17, 15) is 0 Å². The van der Waals surface area contributed by atoms with E-state index in [1.54, 1.807) is 13.0 Å². The maximum atomic E-state index is 5.73. The highest BCUT2D eigenvalue weighted by Crippen LogP contribution is 1.99. The summed E-state index contributed by atoms with van der Waals surface area (Å²) in [6, 6.07) is 1.63. The molecule has 4 N–H and O–H groups in total. The Morgan fingerprint density at radius 1 is 1.46 bits per heavy atom. The highest BCUT2D eigenvalue weighted by atomic mass is 35.5. The summed E-state index contributed by atoms with van der Waals surface area (Å²) in [5.74, 6) is 0. The summed E-state index contributed by atoms with van der Waals surface area (Å²) >= 11 is 11.4. The molecular weight excluding hydrogens is 209 g/mol. The minimum Gasteiger partial charge on any atom is -0.401 e. The average molecular weight is 218 g/mol. The maximum Gasteiger partial charge on any atom is 0.109 e. The molecule has 1 aromatic heterocycles. The van der Waals surface area contributed by atoms with E-state index in [-0.39, 0.29) is 5.16 Å². The third-order valence-electron chi connectivity index (χ3n) is 1.49. The number of halogens is 2. The molecule has 0 aliphatic rings. The second kappa shape index (κ2) is 3.85. The Hall–Kier alpha value is -0.930. The molecule has 0 spiro atoms. The quantitative estimate of drug-likeness (QED) is 0.606. The molecule has 1 rings (SSSR count). The lowest BCUT2D eigenvalue weighted by Crippen LogP contribution is -2.34. The van der Waals surface area contributed by atoms with E-state index in [4.69, 9.17) is 34.7 Å². The van der Waals surface area contributed by atoms with E-state index in [2.05, 4.69) is 4.98 Å². The molecule has 0 aliphatic carbocycles. The van der Waals surface area contributed by atoms with Gasteiger partial charge in [0.1, 0.15) is 5.16 Å². The van der Waals surface area contributed by atoms with Gasteiger partial charge in [0, 0.05) is 17.1 Å². The smallest absolute Gasteiger partial charge is 0.109 e. The predicted molar refractivity (Wildman–Crippen MR) is 55.2 cm³/mol. The molecule has 0 saturated heterocycles. The van der Waals surface area contributed by atoms with Gasteiger partial charge in [-0.05, 0) is 13.0 Å². The van der Waals surface area contributed by atoms with Gasteiger partial charge < -0.3 is 11.5 Å². The Bertz CT molecular complexity index is 431. The van der Waals surface area contributed by atoms with E-state index in [1.807, 2.05) is 0 Å². The predicted octanol–water partition coefficient (Wildman–Crippen LogP) is 0.0850. The molecule has 0 fully saturated rings. The third-order valence-corrected chi connectivity index (χ3v) is 1.90. The highest BCUT2D eigenvalue weighted by Gasteiger charge is 1.96. The third kappa shape index (κ3) is 2.26. The minimum absolute atomic E-state index is 0.134. The molecule has 1 heterocycles. The Balaban J connectivity index is 3.78. The maximum absolute atomic E-state index is 5.73. The van der Waals surface area contributed by atoms with Gasteiger partial charge in [0.25, 0.3) is 0 Å². The van der Waals surface area contributed by atoms with E-state index in [1.165, 1.54) is 6.20 Å². The number of aromatic nitrogens is 1. The molecule has 3 nitrogen and oxygen atoms in total. The van der Waals surface area contributed by atoms with Crippen molar-refractivity contribution in [3.8, 4) is 0 Å². The first-order valence-corrected chi connectivity index (χ1v) is 4.31. The summed E-state index contributed by atoms with van der Waals surface area (Å²) in [4.78, 5) is 4.02. The second-order valence-corrected chi connectivity index (χ2v) is 3.42. The van der Waals surface area contributed by atoms with Crippen molar-refractivity contribution in [2.75, 3.05) is 0 Å². The number of rotatable bonds is 0. The fourth-order valence-corrected chi connectivity index (χ4v) is 1.24. The normalized spacial score (nSPS) is 15.3. The van der Waals surface area contributed by atoms with Gasteiger partial charge in [-0.25, -0.2) is 0 Å². The molecule has 0 atom stereocenters. The zero-order valence-electron chi connectivity index (χ0n) is 7.01. The molecule has 0 radical (unpaired) electrons. The standard InChI is InChI=1S/C8H9Cl2N3/c1-4(11)7-6(8(10)12)2-5(9)3-13-7/h2-3H,11-12H2,1H3/b7-4+,8-6-. The summed E-state index contributed by atoms with van der Waals surface area (Å²) in [6.07, 6.45) is 1.50. The van der Waals surface area contributed by atoms with Crippen LogP contribution in [0, 0.1) is 0 Å². The topological polar surface area (TPSA) is 64.9 Å². The van der Waals surface area contributed by atoms with Crippen LogP contribution in [-0.2, 0) is 0 Å². The fourth-order valence-electron chi connectivity index (χ4n) is 0.936. The summed E-state index contributed by atoms with van der Waals surface area (Å²) in [6.45, 7) is 1.72. The van der Waals surface area contributed by atoms with Crippen LogP contribution < -0.4 is 22.0 Å². The zero-order chi connectivity index (χ0) is 10.0. The van der Waals surface area contributed by atoms with Crippen LogP contribution in [0.4, 0.5) is 0 Å². The molecule has 0 amide bonds. The lowest BCUT2D eigenvalue weighted by Gasteiger charge is -1.95. The molecular formula is C8H9Cl2N3. The molecule has 5 heteroatoms. The summed E-state index contributed by atoms with van der Waals surface area (Å²) in [5, 5.41) is 1.74. The van der Waals surface area contributed by atoms with Crippen LogP contribution in [0.2, 0.25) is 5.02 Å². The monoisotopic (exact) mass is 217 g/mol. The highest BCUT2D eigenvalue weighted by molar-refractivity contribution is 6.44. The first kappa shape index (κ1) is 10.2. The number of nitrogens with two attached hydrogens (primary N) is 2. The second-order valence-electron chi connectivity index (χ2n) is 2.58. The van der Waals surface area contributed by atoms with Gasteiger partial charge >= 0.3 is 0 Å². The first-order chi connectivity index (χ1) is 6.02. The molecule has 0 saturated carbocycles. The first-order valence-electron chi connectivity index (χ1n) is 3.55. The van der Waals surface area contributed by atoms with E-state index < -0.39 is 0 Å². The van der Waals surface area contributed by atoms with Crippen LogP contribution in [0.5, 0.6) is 0 Å². The summed E-state index contributed by atoms with van der Waals surface area (Å²) < 4.78 is 0. The molecule has 0 bridgehead atoms. The van der Waals surface area contributed by atoms with Gasteiger partial charge in [-0.3, -0.25) is 4.98 Å². The number of pyridine rings is 1. The molecule has 13 heavy (non-hydrogen) atoms. The Morgan fingerprint density at radius 3 is 2.54 bits per heavy atom. The van der Waals surface area contributed by atoms with Crippen molar-refractivity contribution in [2.45, 2.75) is 6.92 Å². The molecule has 70 valence electrons. The van der Waals surface area contributed by atoms with Crippen molar-refractivity contribution in [3.63, 3.8) is 0 Å². The van der Waals surface area contributed by atoms with Crippen LogP contribution in [0.15, 0.2) is 12.3 Å². The minimum atomic E-state index is 0.134. The van der Waals surface area contributed by atoms with Crippen molar-refractivity contribution in [1.82, 2.24) is 4.98 Å². The summed E-state index contributed by atoms with van der Waals surface area (Å²) in [5.41, 5.74) is 11.6. The Kier molecular flexibility index (Phi) is 3.01. The van der Waals surface area contributed by atoms with Crippen LogP contribution >= 0.6 is 23.2 Å². The van der Waals surface area contributed by atoms with Crippen molar-refractivity contribution < 1.29 is 0 Å². The van der Waals surface area contributed by atoms with Crippen molar-refractivity contribution in [3.05, 3.63) is 27.9 Å². The Labute approximate surface area is 85.7 Å². The number of hydrogen-bond donors (Lipinski definition) is 2. The van der Waals surface area contributed by atoms with E-state index in [0.717, 1.165) is 0 Å². The molecule has 1 aromatic rings. The zero-order valence-corrected chi connectivity index (χ0v) is 8.52. The lowest BCUT2D eigenvalue weighted by molar-refractivity contribution is 1.18. The molecule has 0 unspecified atom stereocenters. The van der Waals surface area contributed by atoms with E-state index >= 15 is 0 Å². The SMILES string of the molecule is C/C(N)=c1\ncc(Cl)c\c1=C(\N)Cl. The van der Waals surface area contributed by atoms with Gasteiger partial charge in [0.15, 0.2) is 0 Å².